The molecule has 0 aromatic carbocycles. The van der Waals surface area contributed by atoms with E-state index in [4.69, 9.17) is 0 Å². The second-order valence-electron chi connectivity index (χ2n) is 1.60. The van der Waals surface area contributed by atoms with Gasteiger partial charge in [0, 0.05) is 26.2 Å². The molecular weight excluding hydrogens is 318 g/mol. The first-order valence-electron chi connectivity index (χ1n) is 2.95. The van der Waals surface area contributed by atoms with Gasteiger partial charge in [-0.05, 0) is 6.92 Å². The molecule has 1 radical (unpaired) electrons. The van der Waals surface area contributed by atoms with Crippen LogP contribution in [0.4, 0.5) is 0 Å². The van der Waals surface area contributed by atoms with Crippen molar-refractivity contribution >= 4 is 5.97 Å². The fourth-order valence-electron chi connectivity index (χ4n) is 0.542. The predicted molar refractivity (Wildman–Crippen MR) is 33.5 cm³/mol. The van der Waals surface area contributed by atoms with E-state index in [-0.39, 0.29) is 26.2 Å². The molecule has 0 atom stereocenters. The van der Waals surface area contributed by atoms with Crippen molar-refractivity contribution in [3.8, 4) is 0 Å². The summed E-state index contributed by atoms with van der Waals surface area (Å²) in [6.45, 7) is 2.09. The number of aromatic nitrogens is 2. The fraction of sp³-hybridized carbons (Fsp3) is 0.333. The van der Waals surface area contributed by atoms with Crippen molar-refractivity contribution in [2.24, 2.45) is 0 Å². The summed E-state index contributed by atoms with van der Waals surface area (Å²) in [5.74, 6) is -0.339. The zero-order chi connectivity index (χ0) is 7.40. The Bertz CT molecular complexity index is 210. The van der Waals surface area contributed by atoms with E-state index in [0.717, 1.165) is 0 Å². The summed E-state index contributed by atoms with van der Waals surface area (Å²) in [6.07, 6.45) is 2.90. The summed E-state index contributed by atoms with van der Waals surface area (Å²) >= 11 is 0. The van der Waals surface area contributed by atoms with Crippen LogP contribution < -0.4 is 4.98 Å². The van der Waals surface area contributed by atoms with Crippen LogP contribution in [0.15, 0.2) is 12.4 Å². The number of carbonyl (C=O) groups excluding carboxylic acids is 1. The standard InChI is InChI=1S/C6H8N2O2.Re/c1-2-10-6(9)5-7-3-4-8-5;/h3-4H,2H2,1H3,(H,7,8,9);/p-1. The van der Waals surface area contributed by atoms with Crippen molar-refractivity contribution in [3.05, 3.63) is 18.2 Å². The molecule has 1 aromatic rings. The van der Waals surface area contributed by atoms with Gasteiger partial charge in [0.1, 0.15) is 0 Å². The van der Waals surface area contributed by atoms with Gasteiger partial charge in [0.05, 0.1) is 6.61 Å². The van der Waals surface area contributed by atoms with E-state index in [2.05, 4.69) is 14.7 Å². The molecule has 1 heterocycles. The van der Waals surface area contributed by atoms with E-state index < -0.39 is 5.97 Å². The summed E-state index contributed by atoms with van der Waals surface area (Å²) in [5, 5.41) is 0. The van der Waals surface area contributed by atoms with Gasteiger partial charge >= 0.3 is 5.97 Å². The van der Waals surface area contributed by atoms with E-state index in [9.17, 15) is 4.79 Å². The Balaban J connectivity index is 0.000001000. The maximum absolute atomic E-state index is 10.8. The number of carbonyl (C=O) groups is 1. The molecule has 0 saturated heterocycles. The second-order valence-corrected chi connectivity index (χ2v) is 1.60. The van der Waals surface area contributed by atoms with Gasteiger partial charge < -0.3 is 14.7 Å². The van der Waals surface area contributed by atoms with Crippen molar-refractivity contribution < 1.29 is 30.0 Å². The summed E-state index contributed by atoms with van der Waals surface area (Å²) in [7, 11) is 0. The van der Waals surface area contributed by atoms with Crippen molar-refractivity contribution in [1.29, 1.82) is 0 Å². The second kappa shape index (κ2) is 5.05. The minimum Gasteiger partial charge on any atom is -0.463 e. The topological polar surface area (TPSA) is 53.3 Å². The van der Waals surface area contributed by atoms with E-state index in [1.807, 2.05) is 0 Å². The first-order valence-corrected chi connectivity index (χ1v) is 2.95. The molecule has 1 aromatic heterocycles. The molecule has 0 aliphatic carbocycles. The Morgan fingerprint density at radius 2 is 2.55 bits per heavy atom. The molecule has 61 valence electrons. The molecule has 0 N–H and O–H groups in total. The molecule has 0 aliphatic rings. The van der Waals surface area contributed by atoms with Crippen LogP contribution in [0.3, 0.4) is 0 Å². The quantitative estimate of drug-likeness (QED) is 0.730. The molecule has 5 heteroatoms. The van der Waals surface area contributed by atoms with Crippen LogP contribution in [-0.4, -0.2) is 17.6 Å². The molecule has 11 heavy (non-hydrogen) atoms. The average molecular weight is 325 g/mol. The Kier molecular flexibility index (Phi) is 4.75. The van der Waals surface area contributed by atoms with Crippen LogP contribution in [0.5, 0.6) is 0 Å². The summed E-state index contributed by atoms with van der Waals surface area (Å²) in [4.78, 5) is 18.1. The SMILES string of the molecule is CCOC(=O)c1ncc[n-]1.[Re]. The third-order valence-corrected chi connectivity index (χ3v) is 0.918. The molecule has 0 bridgehead atoms. The van der Waals surface area contributed by atoms with Crippen LogP contribution in [0.1, 0.15) is 17.5 Å². The van der Waals surface area contributed by atoms with Gasteiger partial charge in [0.2, 0.25) is 0 Å². The zero-order valence-corrected chi connectivity index (χ0v) is 8.67. The summed E-state index contributed by atoms with van der Waals surface area (Å²) in [5.41, 5.74) is 0. The van der Waals surface area contributed by atoms with E-state index in [0.29, 0.717) is 6.61 Å². The molecule has 0 unspecified atom stereocenters. The molecule has 0 fully saturated rings. The van der Waals surface area contributed by atoms with Crippen LogP contribution in [-0.2, 0) is 25.2 Å². The summed E-state index contributed by atoms with van der Waals surface area (Å²) in [6, 6.07) is 0. The third kappa shape index (κ3) is 2.83. The number of hydrogen-bond acceptors (Lipinski definition) is 3. The van der Waals surface area contributed by atoms with Crippen molar-refractivity contribution in [2.75, 3.05) is 6.61 Å². The Morgan fingerprint density at radius 1 is 1.82 bits per heavy atom. The monoisotopic (exact) mass is 326 g/mol. The van der Waals surface area contributed by atoms with Gasteiger partial charge in [0.15, 0.2) is 0 Å². The van der Waals surface area contributed by atoms with Gasteiger partial charge in [-0.3, -0.25) is 0 Å². The number of imidazole rings is 1. The molecule has 0 aliphatic heterocycles. The minimum absolute atomic E-state index is 0. The third-order valence-electron chi connectivity index (χ3n) is 0.918. The van der Waals surface area contributed by atoms with Crippen LogP contribution >= 0.6 is 0 Å². The van der Waals surface area contributed by atoms with Gasteiger partial charge in [-0.15, -0.1) is 0 Å². The number of esters is 1. The molecule has 0 saturated carbocycles. The maximum Gasteiger partial charge on any atom is 0.329 e. The average Bonchev–Trinajstić information content (AvgIpc) is 2.38. The fourth-order valence-corrected chi connectivity index (χ4v) is 0.542. The first-order chi connectivity index (χ1) is 4.84. The predicted octanol–water partition coefficient (Wildman–Crippen LogP) is 0.213. The van der Waals surface area contributed by atoms with E-state index in [1.54, 1.807) is 6.92 Å². The molecule has 4 nitrogen and oxygen atoms in total. The van der Waals surface area contributed by atoms with Gasteiger partial charge in [-0.25, -0.2) is 4.79 Å². The van der Waals surface area contributed by atoms with Gasteiger partial charge in [0.25, 0.3) is 0 Å². The largest absolute Gasteiger partial charge is 0.463 e. The van der Waals surface area contributed by atoms with Crippen molar-refractivity contribution in [3.63, 3.8) is 0 Å². The maximum atomic E-state index is 10.8. The molecule has 0 spiro atoms. The smallest absolute Gasteiger partial charge is 0.329 e. The molecular formula is C6H7N2O2Re-. The first kappa shape index (κ1) is 10.3. The van der Waals surface area contributed by atoms with Crippen LogP contribution in [0.2, 0.25) is 0 Å². The van der Waals surface area contributed by atoms with Gasteiger partial charge in [-0.2, -0.15) is 0 Å². The number of rotatable bonds is 2. The molecule has 0 amide bonds. The number of nitrogens with zero attached hydrogens (tertiary/aromatic N) is 2. The molecule has 1 rings (SSSR count). The van der Waals surface area contributed by atoms with E-state index >= 15 is 0 Å². The van der Waals surface area contributed by atoms with Crippen molar-refractivity contribution in [2.45, 2.75) is 6.92 Å². The van der Waals surface area contributed by atoms with E-state index in [1.165, 1.54) is 12.4 Å². The normalized spacial score (nSPS) is 8.45. The van der Waals surface area contributed by atoms with Crippen LogP contribution in [0, 0.1) is 0 Å². The minimum atomic E-state index is -0.465. The van der Waals surface area contributed by atoms with Gasteiger partial charge in [-0.1, -0.05) is 12.4 Å². The summed E-state index contributed by atoms with van der Waals surface area (Å²) < 4.78 is 4.62. The van der Waals surface area contributed by atoms with Crippen molar-refractivity contribution in [1.82, 2.24) is 9.97 Å². The Labute approximate surface area is 78.0 Å². The zero-order valence-electron chi connectivity index (χ0n) is 5.95. The Hall–Kier alpha value is -0.658. The number of hydrogen-bond donors (Lipinski definition) is 0. The van der Waals surface area contributed by atoms with Crippen LogP contribution in [0.25, 0.3) is 0 Å². The number of ether oxygens (including phenoxy) is 1. The Morgan fingerprint density at radius 3 is 3.00 bits per heavy atom.